The lowest BCUT2D eigenvalue weighted by atomic mass is 10.1. The van der Waals surface area contributed by atoms with E-state index in [1.807, 2.05) is 31.2 Å². The number of carbonyl (C=O) groups excluding carboxylic acids is 2. The molecule has 2 aromatic rings. The van der Waals surface area contributed by atoms with Gasteiger partial charge in [0.15, 0.2) is 0 Å². The highest BCUT2D eigenvalue weighted by molar-refractivity contribution is 6.00. The molecule has 1 saturated heterocycles. The molecule has 1 heterocycles. The van der Waals surface area contributed by atoms with Crippen molar-refractivity contribution in [1.29, 1.82) is 0 Å². The van der Waals surface area contributed by atoms with E-state index in [-0.39, 0.29) is 30.5 Å². The van der Waals surface area contributed by atoms with Crippen molar-refractivity contribution in [3.05, 3.63) is 65.0 Å². The lowest BCUT2D eigenvalue weighted by molar-refractivity contribution is -0.126. The van der Waals surface area contributed by atoms with Crippen molar-refractivity contribution in [2.45, 2.75) is 26.8 Å². The van der Waals surface area contributed by atoms with Gasteiger partial charge in [0, 0.05) is 19.5 Å². The minimum atomic E-state index is -0.461. The van der Waals surface area contributed by atoms with Gasteiger partial charge in [-0.3, -0.25) is 9.59 Å². The Hall–Kier alpha value is -2.69. The minimum absolute atomic E-state index is 0.104. The summed E-state index contributed by atoms with van der Waals surface area (Å²) in [7, 11) is 0. The van der Waals surface area contributed by atoms with Crippen LogP contribution < -0.4 is 10.2 Å². The SMILES string of the molecule is Cc1ccc(N2CC(C(=O)NCc3ccccc3C)CC2=O)c(F)c1. The summed E-state index contributed by atoms with van der Waals surface area (Å²) >= 11 is 0. The molecule has 3 rings (SSSR count). The summed E-state index contributed by atoms with van der Waals surface area (Å²) in [5.41, 5.74) is 3.18. The molecular weight excluding hydrogens is 319 g/mol. The first-order chi connectivity index (χ1) is 12.0. The van der Waals surface area contributed by atoms with Gasteiger partial charge in [0.05, 0.1) is 11.6 Å². The van der Waals surface area contributed by atoms with Crippen LogP contribution in [0.4, 0.5) is 10.1 Å². The highest BCUT2D eigenvalue weighted by Gasteiger charge is 2.36. The Bertz CT molecular complexity index is 819. The smallest absolute Gasteiger partial charge is 0.227 e. The average Bonchev–Trinajstić information content (AvgIpc) is 2.96. The molecule has 0 spiro atoms. The van der Waals surface area contributed by atoms with Crippen LogP contribution in [0.1, 0.15) is 23.1 Å². The maximum atomic E-state index is 14.1. The number of nitrogens with one attached hydrogen (secondary N) is 1. The monoisotopic (exact) mass is 340 g/mol. The van der Waals surface area contributed by atoms with Crippen LogP contribution in [0.3, 0.4) is 0 Å². The number of halogens is 1. The van der Waals surface area contributed by atoms with E-state index < -0.39 is 11.7 Å². The van der Waals surface area contributed by atoms with Crippen molar-refractivity contribution in [2.24, 2.45) is 5.92 Å². The van der Waals surface area contributed by atoms with E-state index in [9.17, 15) is 14.0 Å². The van der Waals surface area contributed by atoms with Gasteiger partial charge in [-0.05, 0) is 42.7 Å². The quantitative estimate of drug-likeness (QED) is 0.930. The van der Waals surface area contributed by atoms with E-state index in [1.54, 1.807) is 19.1 Å². The Labute approximate surface area is 146 Å². The Kier molecular flexibility index (Phi) is 4.83. The topological polar surface area (TPSA) is 49.4 Å². The van der Waals surface area contributed by atoms with Crippen molar-refractivity contribution in [2.75, 3.05) is 11.4 Å². The minimum Gasteiger partial charge on any atom is -0.352 e. The van der Waals surface area contributed by atoms with Crippen LogP contribution in [0.15, 0.2) is 42.5 Å². The first kappa shape index (κ1) is 17.1. The summed E-state index contributed by atoms with van der Waals surface area (Å²) in [6.07, 6.45) is 0.104. The third-order valence-corrected chi connectivity index (χ3v) is 4.60. The molecule has 1 atom stereocenters. The molecule has 1 aliphatic heterocycles. The van der Waals surface area contributed by atoms with Gasteiger partial charge >= 0.3 is 0 Å². The van der Waals surface area contributed by atoms with Crippen LogP contribution in [-0.2, 0) is 16.1 Å². The lowest BCUT2D eigenvalue weighted by Crippen LogP contribution is -2.33. The van der Waals surface area contributed by atoms with E-state index in [0.29, 0.717) is 6.54 Å². The summed E-state index contributed by atoms with van der Waals surface area (Å²) in [6, 6.07) is 12.6. The second kappa shape index (κ2) is 7.05. The zero-order valence-electron chi connectivity index (χ0n) is 14.4. The molecule has 1 unspecified atom stereocenters. The number of hydrogen-bond acceptors (Lipinski definition) is 2. The highest BCUT2D eigenvalue weighted by atomic mass is 19.1. The van der Waals surface area contributed by atoms with E-state index >= 15 is 0 Å². The first-order valence-electron chi connectivity index (χ1n) is 8.34. The molecule has 5 heteroatoms. The molecule has 0 bridgehead atoms. The number of carbonyl (C=O) groups is 2. The van der Waals surface area contributed by atoms with Gasteiger partial charge < -0.3 is 10.2 Å². The van der Waals surface area contributed by atoms with E-state index in [0.717, 1.165) is 16.7 Å². The van der Waals surface area contributed by atoms with Crippen molar-refractivity contribution >= 4 is 17.5 Å². The Morgan fingerprint density at radius 1 is 1.24 bits per heavy atom. The fraction of sp³-hybridized carbons (Fsp3) is 0.300. The second-order valence-electron chi connectivity index (χ2n) is 6.50. The molecule has 1 N–H and O–H groups in total. The summed E-state index contributed by atoms with van der Waals surface area (Å²) in [6.45, 7) is 4.41. The summed E-state index contributed by atoms with van der Waals surface area (Å²) in [4.78, 5) is 26.0. The zero-order valence-corrected chi connectivity index (χ0v) is 14.4. The Balaban J connectivity index is 1.65. The van der Waals surface area contributed by atoms with Crippen molar-refractivity contribution in [3.8, 4) is 0 Å². The predicted molar refractivity (Wildman–Crippen MR) is 94.6 cm³/mol. The van der Waals surface area contributed by atoms with Gasteiger partial charge in [-0.25, -0.2) is 4.39 Å². The number of aryl methyl sites for hydroxylation is 2. The maximum Gasteiger partial charge on any atom is 0.227 e. The van der Waals surface area contributed by atoms with E-state index in [1.165, 1.54) is 11.0 Å². The first-order valence-corrected chi connectivity index (χ1v) is 8.34. The molecule has 0 radical (unpaired) electrons. The van der Waals surface area contributed by atoms with Crippen LogP contribution >= 0.6 is 0 Å². The standard InChI is InChI=1S/C20H21FN2O2/c1-13-7-8-18(17(21)9-13)23-12-16(10-19(23)24)20(25)22-11-15-6-4-3-5-14(15)2/h3-9,16H,10-12H2,1-2H3,(H,22,25). The van der Waals surface area contributed by atoms with Crippen LogP contribution in [0.25, 0.3) is 0 Å². The van der Waals surface area contributed by atoms with E-state index in [2.05, 4.69) is 5.32 Å². The second-order valence-corrected chi connectivity index (χ2v) is 6.50. The number of amides is 2. The largest absolute Gasteiger partial charge is 0.352 e. The lowest BCUT2D eigenvalue weighted by Gasteiger charge is -2.18. The molecule has 2 amide bonds. The Morgan fingerprint density at radius 3 is 2.72 bits per heavy atom. The third-order valence-electron chi connectivity index (χ3n) is 4.60. The molecule has 1 fully saturated rings. The number of benzene rings is 2. The number of hydrogen-bond donors (Lipinski definition) is 1. The van der Waals surface area contributed by atoms with Crippen LogP contribution in [0, 0.1) is 25.6 Å². The van der Waals surface area contributed by atoms with Gasteiger partial charge in [-0.2, -0.15) is 0 Å². The highest BCUT2D eigenvalue weighted by Crippen LogP contribution is 2.28. The summed E-state index contributed by atoms with van der Waals surface area (Å²) < 4.78 is 14.1. The average molecular weight is 340 g/mol. The maximum absolute atomic E-state index is 14.1. The van der Waals surface area contributed by atoms with Gasteiger partial charge in [0.25, 0.3) is 0 Å². The van der Waals surface area contributed by atoms with Gasteiger partial charge in [-0.1, -0.05) is 30.3 Å². The molecule has 25 heavy (non-hydrogen) atoms. The number of nitrogens with zero attached hydrogens (tertiary/aromatic N) is 1. The molecule has 4 nitrogen and oxygen atoms in total. The number of anilines is 1. The molecule has 2 aromatic carbocycles. The summed E-state index contributed by atoms with van der Waals surface area (Å²) in [5.74, 6) is -1.29. The summed E-state index contributed by atoms with van der Waals surface area (Å²) in [5, 5.41) is 2.89. The van der Waals surface area contributed by atoms with Crippen molar-refractivity contribution < 1.29 is 14.0 Å². The third kappa shape index (κ3) is 3.71. The van der Waals surface area contributed by atoms with Crippen molar-refractivity contribution in [1.82, 2.24) is 5.32 Å². The van der Waals surface area contributed by atoms with Crippen molar-refractivity contribution in [3.63, 3.8) is 0 Å². The van der Waals surface area contributed by atoms with Gasteiger partial charge in [-0.15, -0.1) is 0 Å². The van der Waals surface area contributed by atoms with Crippen LogP contribution in [0.2, 0.25) is 0 Å². The molecule has 0 aliphatic carbocycles. The zero-order chi connectivity index (χ0) is 18.0. The molecule has 0 aromatic heterocycles. The van der Waals surface area contributed by atoms with Gasteiger partial charge in [0.1, 0.15) is 5.82 Å². The van der Waals surface area contributed by atoms with Crippen LogP contribution in [-0.4, -0.2) is 18.4 Å². The fourth-order valence-electron chi connectivity index (χ4n) is 3.08. The molecule has 130 valence electrons. The molecule has 0 saturated carbocycles. The van der Waals surface area contributed by atoms with E-state index in [4.69, 9.17) is 0 Å². The number of rotatable bonds is 4. The van der Waals surface area contributed by atoms with Gasteiger partial charge in [0.2, 0.25) is 11.8 Å². The normalized spacial score (nSPS) is 17.0. The predicted octanol–water partition coefficient (Wildman–Crippen LogP) is 3.11. The van der Waals surface area contributed by atoms with Crippen LogP contribution in [0.5, 0.6) is 0 Å². The molecule has 1 aliphatic rings. The fourth-order valence-corrected chi connectivity index (χ4v) is 3.08. The Morgan fingerprint density at radius 2 is 2.00 bits per heavy atom. The molecular formula is C20H21FN2O2.